The predicted octanol–water partition coefficient (Wildman–Crippen LogP) is 1.58. The quantitative estimate of drug-likeness (QED) is 0.306. The van der Waals surface area contributed by atoms with Crippen molar-refractivity contribution in [1.82, 2.24) is 10.3 Å². The van der Waals surface area contributed by atoms with Crippen molar-refractivity contribution in [3.05, 3.63) is 0 Å². The van der Waals surface area contributed by atoms with Gasteiger partial charge in [0.2, 0.25) is 11.3 Å². The monoisotopic (exact) mass is 208 g/mol. The van der Waals surface area contributed by atoms with Gasteiger partial charge in [-0.25, -0.2) is 9.63 Å². The molecule has 0 heterocycles. The summed E-state index contributed by atoms with van der Waals surface area (Å²) in [6.07, 6.45) is 7.38. The van der Waals surface area contributed by atoms with Gasteiger partial charge in [-0.15, -0.1) is 0 Å². The molecular formula is C8H20N2O2S. The maximum absolute atomic E-state index is 10.1. The molecule has 0 aliphatic heterocycles. The van der Waals surface area contributed by atoms with Gasteiger partial charge < -0.3 is 0 Å². The van der Waals surface area contributed by atoms with E-state index in [9.17, 15) is 4.21 Å². The Labute approximate surface area is 82.9 Å². The molecule has 0 radical (unpaired) electrons. The molecule has 0 aromatic carbocycles. The summed E-state index contributed by atoms with van der Waals surface area (Å²) >= 11 is -1.94. The van der Waals surface area contributed by atoms with Gasteiger partial charge >= 0.3 is 0 Å². The van der Waals surface area contributed by atoms with Crippen molar-refractivity contribution < 1.29 is 8.76 Å². The minimum atomic E-state index is -1.94. The van der Waals surface area contributed by atoms with Crippen molar-refractivity contribution in [2.45, 2.75) is 45.4 Å². The molecule has 0 aromatic rings. The van der Waals surface area contributed by atoms with E-state index in [1.807, 2.05) is 0 Å². The van der Waals surface area contributed by atoms with Crippen molar-refractivity contribution in [3.8, 4) is 0 Å². The maximum Gasteiger partial charge on any atom is 0.245 e. The first kappa shape index (κ1) is 13.0. The number of hydrazine groups is 1. The fourth-order valence-corrected chi connectivity index (χ4v) is 1.33. The Kier molecular flexibility index (Phi) is 10.1. The summed E-state index contributed by atoms with van der Waals surface area (Å²) in [4.78, 5) is 2.23. The highest BCUT2D eigenvalue weighted by molar-refractivity contribution is 7.77. The highest BCUT2D eigenvalue weighted by Crippen LogP contribution is 2.03. The van der Waals surface area contributed by atoms with Crippen LogP contribution >= 0.6 is 0 Å². The SMILES string of the molecule is CCCCCCCCNNS(=O)O. The Balaban J connectivity index is 2.87. The van der Waals surface area contributed by atoms with E-state index in [1.165, 1.54) is 32.1 Å². The lowest BCUT2D eigenvalue weighted by Gasteiger charge is -2.02. The fourth-order valence-electron chi connectivity index (χ4n) is 1.11. The lowest BCUT2D eigenvalue weighted by atomic mass is 10.1. The molecule has 0 rings (SSSR count). The Morgan fingerprint density at radius 1 is 1.15 bits per heavy atom. The molecule has 5 heteroatoms. The number of rotatable bonds is 9. The van der Waals surface area contributed by atoms with Gasteiger partial charge in [0.15, 0.2) is 0 Å². The van der Waals surface area contributed by atoms with Crippen LogP contribution in [-0.4, -0.2) is 15.3 Å². The van der Waals surface area contributed by atoms with Gasteiger partial charge in [-0.05, 0) is 6.42 Å². The molecule has 1 unspecified atom stereocenters. The van der Waals surface area contributed by atoms with E-state index < -0.39 is 11.3 Å². The summed E-state index contributed by atoms with van der Waals surface area (Å²) in [5.41, 5.74) is 2.68. The summed E-state index contributed by atoms with van der Waals surface area (Å²) in [5, 5.41) is 0. The van der Waals surface area contributed by atoms with Crippen LogP contribution in [0.1, 0.15) is 45.4 Å². The standard InChI is InChI=1S/C8H20N2O2S/c1-2-3-4-5-6-7-8-9-10-13(11)12/h9-10H,2-8H2,1H3,(H,11,12). The third-order valence-electron chi connectivity index (χ3n) is 1.81. The van der Waals surface area contributed by atoms with Crippen LogP contribution in [-0.2, 0) is 11.3 Å². The van der Waals surface area contributed by atoms with Crippen molar-refractivity contribution in [2.75, 3.05) is 6.54 Å². The van der Waals surface area contributed by atoms with E-state index in [1.54, 1.807) is 0 Å². The summed E-state index contributed by atoms with van der Waals surface area (Å²) in [7, 11) is 0. The highest BCUT2D eigenvalue weighted by Gasteiger charge is 1.91. The van der Waals surface area contributed by atoms with Gasteiger partial charge in [0.05, 0.1) is 0 Å². The zero-order valence-electron chi connectivity index (χ0n) is 8.21. The molecule has 3 N–H and O–H groups in total. The molecule has 0 aromatic heterocycles. The lowest BCUT2D eigenvalue weighted by Crippen LogP contribution is -2.33. The molecule has 1 atom stereocenters. The van der Waals surface area contributed by atoms with Crippen LogP contribution in [0.2, 0.25) is 0 Å². The normalized spacial score (nSPS) is 13.1. The predicted molar refractivity (Wildman–Crippen MR) is 55.3 cm³/mol. The largest absolute Gasteiger partial charge is 0.293 e. The molecule has 0 bridgehead atoms. The van der Waals surface area contributed by atoms with Gasteiger partial charge in [-0.3, -0.25) is 4.55 Å². The van der Waals surface area contributed by atoms with Crippen molar-refractivity contribution in [1.29, 1.82) is 0 Å². The second-order valence-electron chi connectivity index (χ2n) is 3.05. The molecule has 0 aliphatic carbocycles. The zero-order chi connectivity index (χ0) is 9.94. The summed E-state index contributed by atoms with van der Waals surface area (Å²) < 4.78 is 18.4. The third kappa shape index (κ3) is 12.0. The number of unbranched alkanes of at least 4 members (excludes halogenated alkanes) is 5. The highest BCUT2D eigenvalue weighted by atomic mass is 32.2. The molecule has 0 saturated heterocycles. The first-order valence-corrected chi connectivity index (χ1v) is 5.97. The number of hydrogen-bond donors (Lipinski definition) is 3. The van der Waals surface area contributed by atoms with E-state index in [4.69, 9.17) is 4.55 Å². The second-order valence-corrected chi connectivity index (χ2v) is 3.75. The lowest BCUT2D eigenvalue weighted by molar-refractivity contribution is 0.513. The number of nitrogens with one attached hydrogen (secondary N) is 2. The van der Waals surface area contributed by atoms with Gasteiger partial charge in [0, 0.05) is 6.54 Å². The van der Waals surface area contributed by atoms with E-state index in [-0.39, 0.29) is 0 Å². The molecule has 0 saturated carbocycles. The Bertz CT molecular complexity index is 133. The van der Waals surface area contributed by atoms with Gasteiger partial charge in [-0.2, -0.15) is 4.83 Å². The second kappa shape index (κ2) is 10.1. The molecule has 0 fully saturated rings. The van der Waals surface area contributed by atoms with Crippen molar-refractivity contribution in [3.63, 3.8) is 0 Å². The van der Waals surface area contributed by atoms with Crippen LogP contribution in [0, 0.1) is 0 Å². The van der Waals surface area contributed by atoms with E-state index >= 15 is 0 Å². The Morgan fingerprint density at radius 3 is 2.38 bits per heavy atom. The smallest absolute Gasteiger partial charge is 0.245 e. The van der Waals surface area contributed by atoms with Crippen LogP contribution in [0.3, 0.4) is 0 Å². The van der Waals surface area contributed by atoms with Crippen LogP contribution in [0.5, 0.6) is 0 Å². The molecule has 4 nitrogen and oxygen atoms in total. The van der Waals surface area contributed by atoms with Crippen LogP contribution < -0.4 is 10.3 Å². The summed E-state index contributed by atoms with van der Waals surface area (Å²) in [6.45, 7) is 2.94. The van der Waals surface area contributed by atoms with Gasteiger partial charge in [0.1, 0.15) is 0 Å². The average Bonchev–Trinajstić information content (AvgIpc) is 2.09. The minimum Gasteiger partial charge on any atom is -0.293 e. The first-order chi connectivity index (χ1) is 6.27. The fraction of sp³-hybridized carbons (Fsp3) is 1.00. The van der Waals surface area contributed by atoms with Gasteiger partial charge in [-0.1, -0.05) is 39.0 Å². The van der Waals surface area contributed by atoms with E-state index in [0.717, 1.165) is 13.0 Å². The van der Waals surface area contributed by atoms with Crippen LogP contribution in [0.25, 0.3) is 0 Å². The Hall–Kier alpha value is 0.0300. The van der Waals surface area contributed by atoms with Gasteiger partial charge in [0.25, 0.3) is 0 Å². The maximum atomic E-state index is 10.1. The Morgan fingerprint density at radius 2 is 1.77 bits per heavy atom. The molecule has 0 amide bonds. The minimum absolute atomic E-state index is 0.748. The average molecular weight is 208 g/mol. The van der Waals surface area contributed by atoms with Crippen molar-refractivity contribution in [2.24, 2.45) is 0 Å². The van der Waals surface area contributed by atoms with E-state index in [0.29, 0.717) is 0 Å². The van der Waals surface area contributed by atoms with Crippen LogP contribution in [0.4, 0.5) is 0 Å². The molecule has 13 heavy (non-hydrogen) atoms. The first-order valence-electron chi connectivity index (χ1n) is 4.86. The van der Waals surface area contributed by atoms with Crippen LogP contribution in [0.15, 0.2) is 0 Å². The third-order valence-corrected chi connectivity index (χ3v) is 2.13. The molecule has 0 aliphatic rings. The molecule has 80 valence electrons. The van der Waals surface area contributed by atoms with Crippen molar-refractivity contribution >= 4 is 11.3 Å². The summed E-state index contributed by atoms with van der Waals surface area (Å²) in [6, 6.07) is 0. The number of hydrogen-bond acceptors (Lipinski definition) is 2. The zero-order valence-corrected chi connectivity index (χ0v) is 9.03. The van der Waals surface area contributed by atoms with E-state index in [2.05, 4.69) is 17.2 Å². The molecule has 0 spiro atoms. The summed E-state index contributed by atoms with van der Waals surface area (Å²) in [5.74, 6) is 0. The molecular weight excluding hydrogens is 188 g/mol. The topological polar surface area (TPSA) is 61.4 Å².